The zero-order valence-electron chi connectivity index (χ0n) is 21.6. The van der Waals surface area contributed by atoms with Gasteiger partial charge in [0.1, 0.15) is 6.04 Å². The van der Waals surface area contributed by atoms with Crippen LogP contribution in [0.3, 0.4) is 0 Å². The van der Waals surface area contributed by atoms with Crippen molar-refractivity contribution in [3.63, 3.8) is 0 Å². The Labute approximate surface area is 215 Å². The largest absolute Gasteiger partial charge is 0.480 e. The van der Waals surface area contributed by atoms with Crippen molar-refractivity contribution in [2.24, 2.45) is 0 Å². The Morgan fingerprint density at radius 1 is 1.00 bits per heavy atom. The fourth-order valence-corrected chi connectivity index (χ4v) is 4.57. The topological polar surface area (TPSA) is 75.6 Å². The predicted molar refractivity (Wildman–Crippen MR) is 146 cm³/mol. The van der Waals surface area contributed by atoms with Crippen LogP contribution >= 0.6 is 11.8 Å². The van der Waals surface area contributed by atoms with Crippen LogP contribution in [-0.4, -0.2) is 41.1 Å². The SMILES string of the molecule is CCCCC(CCCC)OCc1ccc(C(=O)N[C@@H](CCSC)C(=O)O)c(-c2ccccc2C)c1. The minimum absolute atomic E-state index is 0.243. The summed E-state index contributed by atoms with van der Waals surface area (Å²) >= 11 is 1.56. The van der Waals surface area contributed by atoms with E-state index in [9.17, 15) is 14.7 Å². The Morgan fingerprint density at radius 3 is 2.29 bits per heavy atom. The maximum Gasteiger partial charge on any atom is 0.326 e. The monoisotopic (exact) mass is 499 g/mol. The van der Waals surface area contributed by atoms with E-state index in [1.807, 2.05) is 49.6 Å². The Balaban J connectivity index is 2.32. The van der Waals surface area contributed by atoms with Crippen LogP contribution in [0.25, 0.3) is 11.1 Å². The van der Waals surface area contributed by atoms with Crippen LogP contribution in [-0.2, 0) is 16.1 Å². The van der Waals surface area contributed by atoms with Crippen LogP contribution in [0, 0.1) is 6.92 Å². The number of unbranched alkanes of at least 4 members (excludes halogenated alkanes) is 2. The van der Waals surface area contributed by atoms with Gasteiger partial charge in [-0.1, -0.05) is 69.9 Å². The molecule has 1 atom stereocenters. The van der Waals surface area contributed by atoms with Crippen molar-refractivity contribution < 1.29 is 19.4 Å². The number of rotatable bonds is 16. The van der Waals surface area contributed by atoms with E-state index in [4.69, 9.17) is 4.74 Å². The van der Waals surface area contributed by atoms with E-state index in [-0.39, 0.29) is 12.0 Å². The van der Waals surface area contributed by atoms with Crippen LogP contribution in [0.2, 0.25) is 0 Å². The molecule has 6 heteroatoms. The van der Waals surface area contributed by atoms with Crippen molar-refractivity contribution in [2.75, 3.05) is 12.0 Å². The lowest BCUT2D eigenvalue weighted by molar-refractivity contribution is -0.139. The van der Waals surface area contributed by atoms with Gasteiger partial charge in [0.05, 0.1) is 12.7 Å². The molecular weight excluding hydrogens is 458 g/mol. The van der Waals surface area contributed by atoms with Crippen molar-refractivity contribution in [1.29, 1.82) is 0 Å². The summed E-state index contributed by atoms with van der Waals surface area (Å²) in [4.78, 5) is 24.9. The summed E-state index contributed by atoms with van der Waals surface area (Å²) in [5.74, 6) is -0.719. The summed E-state index contributed by atoms with van der Waals surface area (Å²) in [5, 5.41) is 12.3. The number of aliphatic carboxylic acids is 1. The first kappa shape index (κ1) is 28.9. The molecule has 35 heavy (non-hydrogen) atoms. The molecule has 0 saturated heterocycles. The van der Waals surface area contributed by atoms with Gasteiger partial charge in [-0.05, 0) is 72.6 Å². The first-order valence-corrected chi connectivity index (χ1v) is 14.1. The molecule has 2 aromatic rings. The van der Waals surface area contributed by atoms with Crippen LogP contribution in [0.5, 0.6) is 0 Å². The van der Waals surface area contributed by atoms with E-state index in [0.29, 0.717) is 24.3 Å². The number of ether oxygens (including phenoxy) is 1. The minimum Gasteiger partial charge on any atom is -0.480 e. The van der Waals surface area contributed by atoms with E-state index in [1.165, 1.54) is 0 Å². The summed E-state index contributed by atoms with van der Waals surface area (Å²) in [6, 6.07) is 12.8. The highest BCUT2D eigenvalue weighted by atomic mass is 32.2. The van der Waals surface area contributed by atoms with Crippen molar-refractivity contribution in [3.05, 3.63) is 59.2 Å². The van der Waals surface area contributed by atoms with Crippen LogP contribution < -0.4 is 5.32 Å². The molecule has 2 aromatic carbocycles. The van der Waals surface area contributed by atoms with Crippen molar-refractivity contribution in [1.82, 2.24) is 5.32 Å². The molecule has 2 rings (SSSR count). The van der Waals surface area contributed by atoms with Gasteiger partial charge in [0.2, 0.25) is 0 Å². The molecule has 0 aliphatic carbocycles. The molecule has 0 bridgehead atoms. The highest BCUT2D eigenvalue weighted by Gasteiger charge is 2.23. The molecule has 1 amide bonds. The second kappa shape index (κ2) is 15.6. The number of nitrogens with one attached hydrogen (secondary N) is 1. The van der Waals surface area contributed by atoms with E-state index in [1.54, 1.807) is 17.8 Å². The highest BCUT2D eigenvalue weighted by Crippen LogP contribution is 2.29. The number of benzene rings is 2. The maximum absolute atomic E-state index is 13.2. The lowest BCUT2D eigenvalue weighted by atomic mass is 9.93. The van der Waals surface area contributed by atoms with E-state index >= 15 is 0 Å². The maximum atomic E-state index is 13.2. The fourth-order valence-electron chi connectivity index (χ4n) is 4.09. The van der Waals surface area contributed by atoms with Gasteiger partial charge in [-0.3, -0.25) is 4.79 Å². The van der Waals surface area contributed by atoms with Gasteiger partial charge in [0.25, 0.3) is 5.91 Å². The summed E-state index contributed by atoms with van der Waals surface area (Å²) in [5.41, 5.74) is 4.31. The second-order valence-corrected chi connectivity index (χ2v) is 10.0. The van der Waals surface area contributed by atoms with Crippen LogP contribution in [0.15, 0.2) is 42.5 Å². The number of carbonyl (C=O) groups is 2. The Morgan fingerprint density at radius 2 is 1.69 bits per heavy atom. The molecule has 0 unspecified atom stereocenters. The Bertz CT molecular complexity index is 938. The molecule has 0 spiro atoms. The van der Waals surface area contributed by atoms with Gasteiger partial charge in [0.15, 0.2) is 0 Å². The van der Waals surface area contributed by atoms with E-state index < -0.39 is 12.0 Å². The molecule has 0 aliphatic rings. The number of thioether (sulfide) groups is 1. The van der Waals surface area contributed by atoms with Crippen LogP contribution in [0.4, 0.5) is 0 Å². The van der Waals surface area contributed by atoms with Gasteiger partial charge in [-0.2, -0.15) is 11.8 Å². The first-order chi connectivity index (χ1) is 16.9. The van der Waals surface area contributed by atoms with E-state index in [2.05, 4.69) is 19.2 Å². The quantitative estimate of drug-likeness (QED) is 0.264. The normalized spacial score (nSPS) is 12.0. The summed E-state index contributed by atoms with van der Waals surface area (Å²) in [6.45, 7) is 6.91. The fraction of sp³-hybridized carbons (Fsp3) is 0.517. The van der Waals surface area contributed by atoms with Gasteiger partial charge in [-0.25, -0.2) is 4.79 Å². The third-order valence-corrected chi connectivity index (χ3v) is 6.87. The van der Waals surface area contributed by atoms with Gasteiger partial charge < -0.3 is 15.2 Å². The molecule has 0 heterocycles. The van der Waals surface area contributed by atoms with E-state index in [0.717, 1.165) is 60.8 Å². The molecule has 0 aromatic heterocycles. The number of hydrogen-bond acceptors (Lipinski definition) is 4. The Hall–Kier alpha value is -2.31. The van der Waals surface area contributed by atoms with Crippen molar-refractivity contribution in [2.45, 2.75) is 84.5 Å². The number of aryl methyl sites for hydroxylation is 1. The van der Waals surface area contributed by atoms with Crippen molar-refractivity contribution in [3.8, 4) is 11.1 Å². The van der Waals surface area contributed by atoms with Gasteiger partial charge in [0, 0.05) is 5.56 Å². The van der Waals surface area contributed by atoms with Gasteiger partial charge >= 0.3 is 5.97 Å². The van der Waals surface area contributed by atoms with Gasteiger partial charge in [-0.15, -0.1) is 0 Å². The van der Waals surface area contributed by atoms with Crippen molar-refractivity contribution >= 4 is 23.6 Å². The minimum atomic E-state index is -1.01. The average molecular weight is 500 g/mol. The third kappa shape index (κ3) is 9.34. The standard InChI is InChI=1S/C29H41NO4S/c1-5-7-12-23(13-8-6-2)34-20-22-15-16-25(26(19-22)24-14-10-9-11-21(24)3)28(31)30-27(29(32)33)17-18-35-4/h9-11,14-16,19,23,27H,5-8,12-13,17-18,20H2,1-4H3,(H,30,31)(H,32,33)/t27-/m0/s1. The zero-order chi connectivity index (χ0) is 25.6. The third-order valence-electron chi connectivity index (χ3n) is 6.22. The molecule has 0 radical (unpaired) electrons. The highest BCUT2D eigenvalue weighted by molar-refractivity contribution is 7.98. The van der Waals surface area contributed by atoms with Crippen LogP contribution in [0.1, 0.15) is 80.3 Å². The number of amides is 1. The average Bonchev–Trinajstić information content (AvgIpc) is 2.86. The smallest absolute Gasteiger partial charge is 0.326 e. The second-order valence-electron chi connectivity index (χ2n) is 9.06. The summed E-state index contributed by atoms with van der Waals surface area (Å²) < 4.78 is 6.31. The lowest BCUT2D eigenvalue weighted by Crippen LogP contribution is -2.41. The molecule has 5 nitrogen and oxygen atoms in total. The summed E-state index contributed by atoms with van der Waals surface area (Å²) in [7, 11) is 0. The molecule has 0 aliphatic heterocycles. The first-order valence-electron chi connectivity index (χ1n) is 12.7. The molecular formula is C29H41NO4S. The molecule has 0 fully saturated rings. The number of carboxylic acid groups (broad SMARTS) is 1. The summed E-state index contributed by atoms with van der Waals surface area (Å²) in [6.07, 6.45) is 9.29. The zero-order valence-corrected chi connectivity index (χ0v) is 22.5. The predicted octanol–water partition coefficient (Wildman–Crippen LogP) is 6.86. The molecule has 2 N–H and O–H groups in total. The molecule has 0 saturated carbocycles. The Kier molecular flexibility index (Phi) is 12.9. The molecule has 192 valence electrons. The number of carbonyl (C=O) groups excluding carboxylic acids is 1. The number of hydrogen-bond donors (Lipinski definition) is 2. The number of carboxylic acids is 1. The lowest BCUT2D eigenvalue weighted by Gasteiger charge is -2.20.